The van der Waals surface area contributed by atoms with E-state index in [4.69, 9.17) is 18.9 Å². The van der Waals surface area contributed by atoms with Crippen LogP contribution in [0.15, 0.2) is 36.4 Å². The van der Waals surface area contributed by atoms with Crippen LogP contribution in [0.2, 0.25) is 0 Å². The van der Waals surface area contributed by atoms with Crippen molar-refractivity contribution in [3.63, 3.8) is 0 Å². The Balaban J connectivity index is 1.79. The van der Waals surface area contributed by atoms with Crippen molar-refractivity contribution in [3.8, 4) is 11.8 Å². The summed E-state index contributed by atoms with van der Waals surface area (Å²) >= 11 is 0. The molecule has 0 saturated carbocycles. The van der Waals surface area contributed by atoms with E-state index in [1.54, 1.807) is 0 Å². The Morgan fingerprint density at radius 3 is 1.89 bits per heavy atom. The molecule has 0 N–H and O–H groups in total. The smallest absolute Gasteiger partial charge is 0.338 e. The highest BCUT2D eigenvalue weighted by Crippen LogP contribution is 2.35. The van der Waals surface area contributed by atoms with Gasteiger partial charge < -0.3 is 18.9 Å². The van der Waals surface area contributed by atoms with Crippen molar-refractivity contribution in [2.75, 3.05) is 13.2 Å². The van der Waals surface area contributed by atoms with Crippen molar-refractivity contribution in [2.45, 2.75) is 77.8 Å². The Morgan fingerprint density at radius 1 is 0.789 bits per heavy atom. The van der Waals surface area contributed by atoms with Crippen LogP contribution in [0.4, 0.5) is 8.78 Å². The van der Waals surface area contributed by atoms with Crippen LogP contribution in [0.1, 0.15) is 81.4 Å². The Hall–Kier alpha value is -3.28. The van der Waals surface area contributed by atoms with E-state index < -0.39 is 42.1 Å². The van der Waals surface area contributed by atoms with Crippen molar-refractivity contribution in [2.24, 2.45) is 0 Å². The monoisotopic (exact) mass is 528 g/mol. The molecule has 0 aromatic heterocycles. The van der Waals surface area contributed by atoms with Gasteiger partial charge in [0.25, 0.3) is 0 Å². The molecule has 0 amide bonds. The largest absolute Gasteiger partial charge is 0.464 e. The molecule has 8 heteroatoms. The van der Waals surface area contributed by atoms with E-state index in [0.29, 0.717) is 18.4 Å². The Morgan fingerprint density at radius 2 is 1.37 bits per heavy atom. The molecule has 2 aromatic carbocycles. The summed E-state index contributed by atoms with van der Waals surface area (Å²) in [6.45, 7) is 6.22. The highest BCUT2D eigenvalue weighted by molar-refractivity contribution is 5.86. The van der Waals surface area contributed by atoms with Crippen molar-refractivity contribution in [1.29, 1.82) is 0 Å². The van der Waals surface area contributed by atoms with E-state index in [-0.39, 0.29) is 24.3 Å². The fraction of sp³-hybridized carbons (Fsp3) is 0.467. The van der Waals surface area contributed by atoms with Gasteiger partial charge in [0.15, 0.2) is 30.1 Å². The lowest BCUT2D eigenvalue weighted by atomic mass is 10.1. The Bertz CT molecular complexity index is 1120. The number of hydrogen-bond donors (Lipinski definition) is 0. The van der Waals surface area contributed by atoms with E-state index in [1.165, 1.54) is 17.7 Å². The molecule has 2 aromatic rings. The van der Waals surface area contributed by atoms with Crippen LogP contribution in [0.25, 0.3) is 0 Å². The van der Waals surface area contributed by atoms with Gasteiger partial charge in [-0.3, -0.25) is 0 Å². The maximum absolute atomic E-state index is 15.1. The molecule has 0 spiro atoms. The molecule has 6 nitrogen and oxygen atoms in total. The average molecular weight is 529 g/mol. The Kier molecular flexibility index (Phi) is 11.3. The van der Waals surface area contributed by atoms with Gasteiger partial charge in [0.2, 0.25) is 0 Å². The van der Waals surface area contributed by atoms with Gasteiger partial charge in [-0.2, -0.15) is 0 Å². The maximum atomic E-state index is 15.1. The number of esters is 2. The highest BCUT2D eigenvalue weighted by atomic mass is 19.2. The lowest BCUT2D eigenvalue weighted by Gasteiger charge is -2.14. The van der Waals surface area contributed by atoms with Gasteiger partial charge in [-0.1, -0.05) is 64.0 Å². The van der Waals surface area contributed by atoms with E-state index >= 15 is 4.39 Å². The van der Waals surface area contributed by atoms with Gasteiger partial charge in [-0.05, 0) is 49.1 Å². The minimum Gasteiger partial charge on any atom is -0.464 e. The molecule has 204 valence electrons. The molecule has 0 radical (unpaired) electrons. The number of rotatable bonds is 11. The normalized spacial score (nSPS) is 17.1. The van der Waals surface area contributed by atoms with Gasteiger partial charge >= 0.3 is 11.9 Å². The zero-order valence-electron chi connectivity index (χ0n) is 22.1. The number of halogens is 2. The molecule has 1 aliphatic rings. The SMILES string of the molecule is CCCCOC(=O)[C@@H]1OC(c2ccc(C#Cc3ccc(CCC)cc3)c(F)c2F)O[C@H]1C(=O)OCCCC. The zero-order chi connectivity index (χ0) is 27.5. The second-order valence-corrected chi connectivity index (χ2v) is 9.01. The fourth-order valence-electron chi connectivity index (χ4n) is 3.77. The van der Waals surface area contributed by atoms with Crippen LogP contribution in [0.5, 0.6) is 0 Å². The number of ether oxygens (including phenoxy) is 4. The van der Waals surface area contributed by atoms with Crippen LogP contribution in [0.3, 0.4) is 0 Å². The third-order valence-corrected chi connectivity index (χ3v) is 5.96. The molecule has 1 saturated heterocycles. The standard InChI is InChI=1S/C30H34F2O6/c1-4-7-18-35-28(33)26-27(29(34)36-19-8-5-2)38-30(37-26)23-17-16-22(24(31)25(23)32)15-14-21-12-10-20(9-6-3)11-13-21/h10-13,16-17,26-27,30H,4-9,18-19H2,1-3H3/t26-,27-/m1/s1. The molecule has 0 unspecified atom stereocenters. The first-order chi connectivity index (χ1) is 18.4. The highest BCUT2D eigenvalue weighted by Gasteiger charge is 2.48. The maximum Gasteiger partial charge on any atom is 0.338 e. The molecular weight excluding hydrogens is 494 g/mol. The van der Waals surface area contributed by atoms with Gasteiger partial charge in [0.05, 0.1) is 18.8 Å². The topological polar surface area (TPSA) is 71.1 Å². The Labute approximate surface area is 222 Å². The second-order valence-electron chi connectivity index (χ2n) is 9.01. The molecule has 0 aliphatic carbocycles. The molecule has 38 heavy (non-hydrogen) atoms. The van der Waals surface area contributed by atoms with Crippen molar-refractivity contribution >= 4 is 11.9 Å². The molecule has 2 atom stereocenters. The quantitative estimate of drug-likeness (QED) is 0.209. The van der Waals surface area contributed by atoms with Crippen molar-refractivity contribution in [3.05, 3.63) is 70.3 Å². The zero-order valence-corrected chi connectivity index (χ0v) is 22.1. The van der Waals surface area contributed by atoms with Crippen molar-refractivity contribution < 1.29 is 37.3 Å². The average Bonchev–Trinajstić information content (AvgIpc) is 3.36. The second kappa shape index (κ2) is 14.6. The summed E-state index contributed by atoms with van der Waals surface area (Å²) < 4.78 is 51.6. The summed E-state index contributed by atoms with van der Waals surface area (Å²) in [5, 5.41) is 0. The van der Waals surface area contributed by atoms with Gasteiger partial charge in [0.1, 0.15) is 0 Å². The van der Waals surface area contributed by atoms with Crippen LogP contribution < -0.4 is 0 Å². The lowest BCUT2D eigenvalue weighted by Crippen LogP contribution is -2.39. The lowest BCUT2D eigenvalue weighted by molar-refractivity contribution is -0.163. The predicted octanol–water partition coefficient (Wildman–Crippen LogP) is 5.79. The third kappa shape index (κ3) is 7.62. The molecule has 1 heterocycles. The van der Waals surface area contributed by atoms with Crippen LogP contribution >= 0.6 is 0 Å². The number of aryl methyl sites for hydroxylation is 1. The minimum atomic E-state index is -1.51. The molecule has 1 fully saturated rings. The molecular formula is C30H34F2O6. The van der Waals surface area contributed by atoms with E-state index in [2.05, 4.69) is 18.8 Å². The van der Waals surface area contributed by atoms with E-state index in [0.717, 1.165) is 25.7 Å². The van der Waals surface area contributed by atoms with E-state index in [9.17, 15) is 14.0 Å². The third-order valence-electron chi connectivity index (χ3n) is 5.96. The minimum absolute atomic E-state index is 0.134. The molecule has 3 rings (SSSR count). The van der Waals surface area contributed by atoms with Crippen molar-refractivity contribution in [1.82, 2.24) is 0 Å². The number of carbonyl (C=O) groups excluding carboxylic acids is 2. The van der Waals surface area contributed by atoms with E-state index in [1.807, 2.05) is 38.1 Å². The summed E-state index contributed by atoms with van der Waals surface area (Å²) in [5.41, 5.74) is 1.40. The van der Waals surface area contributed by atoms with Gasteiger partial charge in [-0.25, -0.2) is 18.4 Å². The summed E-state index contributed by atoms with van der Waals surface area (Å²) in [5.74, 6) is 1.42. The first kappa shape index (κ1) is 29.3. The van der Waals surface area contributed by atoms with Gasteiger partial charge in [0, 0.05) is 11.1 Å². The number of carbonyl (C=O) groups is 2. The molecule has 0 bridgehead atoms. The van der Waals surface area contributed by atoms with Crippen LogP contribution in [0, 0.1) is 23.5 Å². The summed E-state index contributed by atoms with van der Waals surface area (Å²) in [6.07, 6.45) is 0.373. The summed E-state index contributed by atoms with van der Waals surface area (Å²) in [4.78, 5) is 25.2. The first-order valence-electron chi connectivity index (χ1n) is 13.1. The predicted molar refractivity (Wildman–Crippen MR) is 137 cm³/mol. The molecule has 1 aliphatic heterocycles. The first-order valence-corrected chi connectivity index (χ1v) is 13.1. The number of hydrogen-bond acceptors (Lipinski definition) is 6. The number of unbranched alkanes of at least 4 members (excludes halogenated alkanes) is 2. The van der Waals surface area contributed by atoms with Gasteiger partial charge in [-0.15, -0.1) is 0 Å². The van der Waals surface area contributed by atoms with Crippen LogP contribution in [-0.4, -0.2) is 37.4 Å². The fourth-order valence-corrected chi connectivity index (χ4v) is 3.77. The number of benzene rings is 2. The summed E-state index contributed by atoms with van der Waals surface area (Å²) in [7, 11) is 0. The van der Waals surface area contributed by atoms with Crippen LogP contribution in [-0.2, 0) is 35.0 Å². The summed E-state index contributed by atoms with van der Waals surface area (Å²) in [6, 6.07) is 10.1.